The van der Waals surface area contributed by atoms with E-state index in [0.717, 1.165) is 12.0 Å². The summed E-state index contributed by atoms with van der Waals surface area (Å²) < 4.78 is 5.00. The smallest absolute Gasteiger partial charge is 0.319 e. The number of hydrogen-bond donors (Lipinski definition) is 0. The summed E-state index contributed by atoms with van der Waals surface area (Å²) in [5.74, 6) is -1.02. The fourth-order valence-corrected chi connectivity index (χ4v) is 4.58. The Hall–Kier alpha value is -1.71. The van der Waals surface area contributed by atoms with Crippen molar-refractivity contribution in [3.8, 4) is 0 Å². The van der Waals surface area contributed by atoms with E-state index >= 15 is 0 Å². The first-order valence-electron chi connectivity index (χ1n) is 9.68. The SMILES string of the molecule is COC(=O)[C@@]1(C)C[C@@H](CC=C(C)C)C(C)(C)[C@@](CC=C(C)C)(C(C)=O)C1=O. The highest BCUT2D eigenvalue weighted by Crippen LogP contribution is 2.60. The Bertz CT molecular complexity index is 674. The van der Waals surface area contributed by atoms with Crippen molar-refractivity contribution in [1.29, 1.82) is 0 Å². The van der Waals surface area contributed by atoms with Crippen LogP contribution >= 0.6 is 0 Å². The molecule has 0 N–H and O–H groups in total. The fourth-order valence-electron chi connectivity index (χ4n) is 4.58. The number of methoxy groups -OCH3 is 1. The molecule has 0 unspecified atom stereocenters. The number of carbonyl (C=O) groups is 3. The van der Waals surface area contributed by atoms with Gasteiger partial charge in [0.05, 0.1) is 12.5 Å². The molecule has 0 heterocycles. The van der Waals surface area contributed by atoms with Crippen molar-refractivity contribution in [2.75, 3.05) is 7.11 Å². The summed E-state index contributed by atoms with van der Waals surface area (Å²) in [6.45, 7) is 15.1. The molecule has 0 aromatic heterocycles. The molecule has 0 saturated heterocycles. The lowest BCUT2D eigenvalue weighted by molar-refractivity contribution is -0.179. The molecule has 152 valence electrons. The summed E-state index contributed by atoms with van der Waals surface area (Å²) in [7, 11) is 1.30. The predicted molar refractivity (Wildman–Crippen MR) is 108 cm³/mol. The Morgan fingerprint density at radius 1 is 1.04 bits per heavy atom. The van der Waals surface area contributed by atoms with E-state index < -0.39 is 22.2 Å². The highest BCUT2D eigenvalue weighted by atomic mass is 16.5. The number of ketones is 2. The first kappa shape index (κ1) is 23.3. The molecule has 1 aliphatic rings. The van der Waals surface area contributed by atoms with E-state index in [1.165, 1.54) is 19.6 Å². The van der Waals surface area contributed by atoms with Crippen LogP contribution in [-0.2, 0) is 19.1 Å². The minimum Gasteiger partial charge on any atom is -0.468 e. The number of rotatable bonds is 6. The van der Waals surface area contributed by atoms with Crippen LogP contribution in [0.5, 0.6) is 0 Å². The largest absolute Gasteiger partial charge is 0.468 e. The molecular formula is C23H36O4. The zero-order valence-corrected chi connectivity index (χ0v) is 18.5. The van der Waals surface area contributed by atoms with Gasteiger partial charge in [0.15, 0.2) is 5.78 Å². The van der Waals surface area contributed by atoms with Gasteiger partial charge in [0.25, 0.3) is 0 Å². The van der Waals surface area contributed by atoms with E-state index in [0.29, 0.717) is 12.8 Å². The van der Waals surface area contributed by atoms with Gasteiger partial charge in [-0.3, -0.25) is 14.4 Å². The zero-order valence-electron chi connectivity index (χ0n) is 18.5. The topological polar surface area (TPSA) is 60.4 Å². The molecule has 3 atom stereocenters. The Morgan fingerprint density at radius 3 is 1.96 bits per heavy atom. The van der Waals surface area contributed by atoms with Crippen molar-refractivity contribution < 1.29 is 19.1 Å². The normalized spacial score (nSPS) is 29.7. The average Bonchev–Trinajstić information content (AvgIpc) is 2.55. The molecule has 0 aromatic carbocycles. The van der Waals surface area contributed by atoms with Gasteiger partial charge < -0.3 is 4.74 Å². The number of ether oxygens (including phenoxy) is 1. The number of esters is 1. The summed E-state index contributed by atoms with van der Waals surface area (Å²) >= 11 is 0. The average molecular weight is 377 g/mol. The van der Waals surface area contributed by atoms with Crippen LogP contribution in [0.15, 0.2) is 23.3 Å². The quantitative estimate of drug-likeness (QED) is 0.369. The summed E-state index contributed by atoms with van der Waals surface area (Å²) in [5, 5.41) is 0. The minimum absolute atomic E-state index is 0.00339. The van der Waals surface area contributed by atoms with Crippen LogP contribution < -0.4 is 0 Å². The van der Waals surface area contributed by atoms with Crippen molar-refractivity contribution in [2.24, 2.45) is 22.2 Å². The lowest BCUT2D eigenvalue weighted by Gasteiger charge is -2.56. The maximum absolute atomic E-state index is 13.8. The molecule has 0 radical (unpaired) electrons. The highest BCUT2D eigenvalue weighted by Gasteiger charge is 2.67. The highest BCUT2D eigenvalue weighted by molar-refractivity contribution is 6.17. The van der Waals surface area contributed by atoms with Crippen LogP contribution in [0.4, 0.5) is 0 Å². The Balaban J connectivity index is 3.73. The molecule has 4 nitrogen and oxygen atoms in total. The summed E-state index contributed by atoms with van der Waals surface area (Å²) in [4.78, 5) is 39.4. The van der Waals surface area contributed by atoms with Gasteiger partial charge in [0.2, 0.25) is 0 Å². The Morgan fingerprint density at radius 2 is 1.56 bits per heavy atom. The van der Waals surface area contributed by atoms with Crippen molar-refractivity contribution in [2.45, 2.75) is 74.7 Å². The van der Waals surface area contributed by atoms with Crippen molar-refractivity contribution >= 4 is 17.5 Å². The van der Waals surface area contributed by atoms with Crippen LogP contribution in [0, 0.1) is 22.2 Å². The van der Waals surface area contributed by atoms with Gasteiger partial charge in [-0.15, -0.1) is 0 Å². The maximum atomic E-state index is 13.8. The molecule has 0 spiro atoms. The maximum Gasteiger partial charge on any atom is 0.319 e. The van der Waals surface area contributed by atoms with Gasteiger partial charge >= 0.3 is 5.97 Å². The van der Waals surface area contributed by atoms with Gasteiger partial charge in [0, 0.05) is 0 Å². The molecule has 1 fully saturated rings. The first-order chi connectivity index (χ1) is 12.3. The van der Waals surface area contributed by atoms with Gasteiger partial charge in [-0.1, -0.05) is 37.1 Å². The number of carbonyl (C=O) groups excluding carboxylic acids is 3. The van der Waals surface area contributed by atoms with E-state index in [1.54, 1.807) is 6.92 Å². The summed E-state index contributed by atoms with van der Waals surface area (Å²) in [6.07, 6.45) is 5.50. The summed E-state index contributed by atoms with van der Waals surface area (Å²) in [6, 6.07) is 0. The fraction of sp³-hybridized carbons (Fsp3) is 0.696. The van der Waals surface area contributed by atoms with Gasteiger partial charge in [-0.05, 0) is 72.1 Å². The molecule has 0 bridgehead atoms. The molecule has 0 aromatic rings. The van der Waals surface area contributed by atoms with Crippen molar-refractivity contribution in [1.82, 2.24) is 0 Å². The monoisotopic (exact) mass is 376 g/mol. The first-order valence-corrected chi connectivity index (χ1v) is 9.68. The van der Waals surface area contributed by atoms with Crippen molar-refractivity contribution in [3.63, 3.8) is 0 Å². The second kappa shape index (κ2) is 8.12. The minimum atomic E-state index is -1.31. The van der Waals surface area contributed by atoms with Crippen LogP contribution in [-0.4, -0.2) is 24.6 Å². The van der Waals surface area contributed by atoms with Crippen LogP contribution in [0.1, 0.15) is 74.7 Å². The van der Waals surface area contributed by atoms with E-state index in [4.69, 9.17) is 4.74 Å². The van der Waals surface area contributed by atoms with E-state index in [9.17, 15) is 14.4 Å². The van der Waals surface area contributed by atoms with E-state index in [1.807, 2.05) is 47.6 Å². The third-order valence-corrected chi connectivity index (χ3v) is 6.53. The third kappa shape index (κ3) is 3.95. The number of Topliss-reactive ketones (excluding diaryl/α,β-unsaturated/α-hetero) is 2. The second-order valence-electron chi connectivity index (χ2n) is 9.24. The number of allylic oxidation sites excluding steroid dienone is 4. The van der Waals surface area contributed by atoms with Crippen molar-refractivity contribution in [3.05, 3.63) is 23.3 Å². The molecule has 4 heteroatoms. The predicted octanol–water partition coefficient (Wildman–Crippen LogP) is 5.07. The molecule has 27 heavy (non-hydrogen) atoms. The Labute approximate surface area is 164 Å². The van der Waals surface area contributed by atoms with E-state index in [-0.39, 0.29) is 17.5 Å². The summed E-state index contributed by atoms with van der Waals surface area (Å²) in [5.41, 5.74) is -0.913. The van der Waals surface area contributed by atoms with Crippen LogP contribution in [0.2, 0.25) is 0 Å². The standard InChI is InChI=1S/C23H36O4/c1-15(2)10-11-18-14-22(8,20(26)27-9)19(25)23(17(5)24,21(18,6)7)13-12-16(3)4/h10,12,18H,11,13-14H2,1-9H3/t18-,22+,23+/m1/s1. The molecule has 0 aliphatic heterocycles. The Kier molecular flexibility index (Phi) is 7.01. The van der Waals surface area contributed by atoms with Crippen LogP contribution in [0.25, 0.3) is 0 Å². The lowest BCUT2D eigenvalue weighted by Crippen LogP contribution is -2.64. The lowest BCUT2D eigenvalue weighted by atomic mass is 9.44. The van der Waals surface area contributed by atoms with Gasteiger partial charge in [-0.2, -0.15) is 0 Å². The van der Waals surface area contributed by atoms with Crippen LogP contribution in [0.3, 0.4) is 0 Å². The molecule has 0 amide bonds. The molecule has 1 aliphatic carbocycles. The molecular weight excluding hydrogens is 340 g/mol. The third-order valence-electron chi connectivity index (χ3n) is 6.53. The molecule has 1 saturated carbocycles. The molecule has 1 rings (SSSR count). The second-order valence-corrected chi connectivity index (χ2v) is 9.24. The van der Waals surface area contributed by atoms with Gasteiger partial charge in [0.1, 0.15) is 11.2 Å². The number of hydrogen-bond acceptors (Lipinski definition) is 4. The van der Waals surface area contributed by atoms with E-state index in [2.05, 4.69) is 6.08 Å². The zero-order chi connectivity index (χ0) is 21.2. The van der Waals surface area contributed by atoms with Gasteiger partial charge in [-0.25, -0.2) is 0 Å².